The van der Waals surface area contributed by atoms with Gasteiger partial charge < -0.3 is 10.1 Å². The Hall–Kier alpha value is -2.11. The minimum atomic E-state index is -1.68. The third kappa shape index (κ3) is 4.43. The average Bonchev–Trinajstić information content (AvgIpc) is 2.57. The zero-order valence-electron chi connectivity index (χ0n) is 12.7. The molecule has 0 aliphatic heterocycles. The number of ether oxygens (including phenoxy) is 1. The number of methoxy groups -OCH3 is 1. The quantitative estimate of drug-likeness (QED) is 0.834. The SMILES string of the molecule is COc1ccc(S(=O)/C(=C\Cl)C(=O)Nc2ccc(C)cc2)cc1. The van der Waals surface area contributed by atoms with Crippen molar-refractivity contribution in [3.8, 4) is 5.75 Å². The maximum Gasteiger partial charge on any atom is 0.265 e. The summed E-state index contributed by atoms with van der Waals surface area (Å²) in [6, 6.07) is 13.9. The molecule has 0 saturated carbocycles. The summed E-state index contributed by atoms with van der Waals surface area (Å²) in [6.45, 7) is 1.95. The number of halogens is 1. The summed E-state index contributed by atoms with van der Waals surface area (Å²) in [5, 5.41) is 2.68. The summed E-state index contributed by atoms with van der Waals surface area (Å²) in [4.78, 5) is 12.7. The van der Waals surface area contributed by atoms with Gasteiger partial charge in [0.15, 0.2) is 0 Å². The third-order valence-electron chi connectivity index (χ3n) is 3.11. The predicted octanol–water partition coefficient (Wildman–Crippen LogP) is 3.83. The van der Waals surface area contributed by atoms with Crippen LogP contribution < -0.4 is 10.1 Å². The van der Waals surface area contributed by atoms with Gasteiger partial charge in [0.25, 0.3) is 5.91 Å². The lowest BCUT2D eigenvalue weighted by atomic mass is 10.2. The topological polar surface area (TPSA) is 55.4 Å². The number of amides is 1. The number of rotatable bonds is 5. The molecule has 1 atom stereocenters. The highest BCUT2D eigenvalue weighted by Gasteiger charge is 2.18. The molecule has 1 N–H and O–H groups in total. The number of carbonyl (C=O) groups is 1. The van der Waals surface area contributed by atoms with Crippen molar-refractivity contribution in [1.82, 2.24) is 0 Å². The van der Waals surface area contributed by atoms with Crippen molar-refractivity contribution in [3.05, 3.63) is 64.5 Å². The summed E-state index contributed by atoms with van der Waals surface area (Å²) in [7, 11) is -0.131. The van der Waals surface area contributed by atoms with E-state index in [0.29, 0.717) is 16.3 Å². The highest BCUT2D eigenvalue weighted by atomic mass is 35.5. The van der Waals surface area contributed by atoms with Crippen molar-refractivity contribution in [2.24, 2.45) is 0 Å². The van der Waals surface area contributed by atoms with Gasteiger partial charge in [0.1, 0.15) is 10.7 Å². The molecule has 0 spiro atoms. The molecule has 0 heterocycles. The molecule has 0 aromatic heterocycles. The molecule has 0 fully saturated rings. The van der Waals surface area contributed by atoms with Crippen molar-refractivity contribution in [1.29, 1.82) is 0 Å². The number of carbonyl (C=O) groups excluding carboxylic acids is 1. The highest BCUT2D eigenvalue weighted by Crippen LogP contribution is 2.20. The first-order chi connectivity index (χ1) is 11.0. The van der Waals surface area contributed by atoms with Crippen LogP contribution in [0, 0.1) is 6.92 Å². The molecule has 1 unspecified atom stereocenters. The molecule has 1 amide bonds. The van der Waals surface area contributed by atoms with Gasteiger partial charge in [0.05, 0.1) is 17.9 Å². The van der Waals surface area contributed by atoms with Gasteiger partial charge in [-0.1, -0.05) is 29.3 Å². The number of anilines is 1. The maximum atomic E-state index is 12.5. The Balaban J connectivity index is 2.15. The molecule has 4 nitrogen and oxygen atoms in total. The highest BCUT2D eigenvalue weighted by molar-refractivity contribution is 7.90. The Labute approximate surface area is 142 Å². The van der Waals surface area contributed by atoms with Crippen LogP contribution in [0.1, 0.15) is 5.56 Å². The third-order valence-corrected chi connectivity index (χ3v) is 4.86. The second kappa shape index (κ2) is 7.94. The fourth-order valence-electron chi connectivity index (χ4n) is 1.83. The van der Waals surface area contributed by atoms with Gasteiger partial charge in [-0.05, 0) is 43.3 Å². The first-order valence-electron chi connectivity index (χ1n) is 6.79. The van der Waals surface area contributed by atoms with Crippen molar-refractivity contribution in [3.63, 3.8) is 0 Å². The van der Waals surface area contributed by atoms with Crippen LogP contribution in [-0.4, -0.2) is 17.2 Å². The first kappa shape index (κ1) is 17.2. The van der Waals surface area contributed by atoms with Crippen LogP contribution in [0.15, 0.2) is 63.9 Å². The van der Waals surface area contributed by atoms with Gasteiger partial charge in [-0.25, -0.2) is 4.21 Å². The van der Waals surface area contributed by atoms with Crippen LogP contribution >= 0.6 is 11.6 Å². The summed E-state index contributed by atoms with van der Waals surface area (Å²) in [5.41, 5.74) is 2.74. The Morgan fingerprint density at radius 1 is 1.13 bits per heavy atom. The van der Waals surface area contributed by atoms with Crippen LogP contribution in [0.3, 0.4) is 0 Å². The molecule has 0 aliphatic carbocycles. The lowest BCUT2D eigenvalue weighted by Gasteiger charge is -2.09. The van der Waals surface area contributed by atoms with Crippen LogP contribution in [0.25, 0.3) is 0 Å². The number of nitrogens with one attached hydrogen (secondary N) is 1. The van der Waals surface area contributed by atoms with E-state index in [1.807, 2.05) is 19.1 Å². The zero-order valence-corrected chi connectivity index (χ0v) is 14.3. The Kier molecular flexibility index (Phi) is 5.96. The second-order valence-electron chi connectivity index (χ2n) is 4.74. The van der Waals surface area contributed by atoms with Gasteiger partial charge in [-0.3, -0.25) is 4.79 Å². The molecule has 2 rings (SSSR count). The molecule has 120 valence electrons. The Morgan fingerprint density at radius 3 is 2.26 bits per heavy atom. The Morgan fingerprint density at radius 2 is 1.74 bits per heavy atom. The van der Waals surface area contributed by atoms with Crippen LogP contribution in [-0.2, 0) is 15.6 Å². The van der Waals surface area contributed by atoms with E-state index < -0.39 is 16.7 Å². The largest absolute Gasteiger partial charge is 0.497 e. The van der Waals surface area contributed by atoms with E-state index in [1.165, 1.54) is 0 Å². The average molecular weight is 350 g/mol. The van der Waals surface area contributed by atoms with Gasteiger partial charge in [0.2, 0.25) is 0 Å². The normalized spacial score (nSPS) is 12.6. The fourth-order valence-corrected chi connectivity index (χ4v) is 3.11. The summed E-state index contributed by atoms with van der Waals surface area (Å²) in [5.74, 6) is 0.143. The number of hydrogen-bond donors (Lipinski definition) is 1. The van der Waals surface area contributed by atoms with Gasteiger partial charge in [-0.15, -0.1) is 0 Å². The van der Waals surface area contributed by atoms with Crippen molar-refractivity contribution in [2.45, 2.75) is 11.8 Å². The fraction of sp³-hybridized carbons (Fsp3) is 0.118. The smallest absolute Gasteiger partial charge is 0.265 e. The lowest BCUT2D eigenvalue weighted by molar-refractivity contribution is -0.112. The number of hydrogen-bond acceptors (Lipinski definition) is 3. The predicted molar refractivity (Wildman–Crippen MR) is 93.1 cm³/mol. The van der Waals surface area contributed by atoms with E-state index in [0.717, 1.165) is 11.1 Å². The molecular weight excluding hydrogens is 334 g/mol. The number of aryl methyl sites for hydroxylation is 1. The monoisotopic (exact) mass is 349 g/mol. The van der Waals surface area contributed by atoms with E-state index >= 15 is 0 Å². The minimum absolute atomic E-state index is 0.0163. The van der Waals surface area contributed by atoms with Gasteiger partial charge >= 0.3 is 0 Å². The molecule has 0 bridgehead atoms. The molecule has 2 aromatic rings. The van der Waals surface area contributed by atoms with Gasteiger partial charge in [-0.2, -0.15) is 0 Å². The lowest BCUT2D eigenvalue weighted by Crippen LogP contribution is -2.17. The van der Waals surface area contributed by atoms with Crippen LogP contribution in [0.5, 0.6) is 5.75 Å². The minimum Gasteiger partial charge on any atom is -0.497 e. The van der Waals surface area contributed by atoms with E-state index in [9.17, 15) is 9.00 Å². The zero-order chi connectivity index (χ0) is 16.8. The van der Waals surface area contributed by atoms with Crippen molar-refractivity contribution >= 4 is 34.0 Å². The molecule has 6 heteroatoms. The maximum absolute atomic E-state index is 12.5. The van der Waals surface area contributed by atoms with E-state index in [2.05, 4.69) is 5.32 Å². The summed E-state index contributed by atoms with van der Waals surface area (Å²) in [6.07, 6.45) is 0. The van der Waals surface area contributed by atoms with E-state index in [-0.39, 0.29) is 4.91 Å². The van der Waals surface area contributed by atoms with Crippen molar-refractivity contribution in [2.75, 3.05) is 12.4 Å². The van der Waals surface area contributed by atoms with Crippen LogP contribution in [0.4, 0.5) is 5.69 Å². The second-order valence-corrected chi connectivity index (χ2v) is 6.40. The Bertz CT molecular complexity index is 739. The molecule has 23 heavy (non-hydrogen) atoms. The summed E-state index contributed by atoms with van der Waals surface area (Å²) < 4.78 is 17.6. The van der Waals surface area contributed by atoms with Crippen molar-refractivity contribution < 1.29 is 13.7 Å². The molecule has 2 aromatic carbocycles. The molecular formula is C17H16ClNO3S. The van der Waals surface area contributed by atoms with Gasteiger partial charge in [0, 0.05) is 16.1 Å². The summed E-state index contributed by atoms with van der Waals surface area (Å²) >= 11 is 5.72. The first-order valence-corrected chi connectivity index (χ1v) is 8.38. The molecule has 0 saturated heterocycles. The molecule has 0 radical (unpaired) electrons. The standard InChI is InChI=1S/C17H16ClNO3S/c1-12-3-5-13(6-4-12)19-17(20)16(11-18)23(21)15-9-7-14(22-2)8-10-15/h3-11H,1-2H3,(H,19,20)/b16-11-. The van der Waals surface area contributed by atoms with E-state index in [1.54, 1.807) is 43.5 Å². The molecule has 0 aliphatic rings. The van der Waals surface area contributed by atoms with E-state index in [4.69, 9.17) is 16.3 Å². The van der Waals surface area contributed by atoms with Crippen LogP contribution in [0.2, 0.25) is 0 Å². The number of benzene rings is 2.